The molecule has 136 valence electrons. The standard InChI is InChI=1S/C18H22FN3OS.ClH/c1-21-6-8-22(9-7-21)17(15-5-10-24-13-15)12-20-18(23)14-3-2-4-16(19)11-14;/h2-5,10-11,13,17H,6-9,12H2,1H3,(H,20,23);1H. The molecule has 0 aliphatic carbocycles. The minimum absolute atomic E-state index is 0. The molecular weight excluding hydrogens is 361 g/mol. The summed E-state index contributed by atoms with van der Waals surface area (Å²) < 4.78 is 13.3. The molecule has 1 fully saturated rings. The summed E-state index contributed by atoms with van der Waals surface area (Å²) in [7, 11) is 2.13. The number of amides is 1. The first-order chi connectivity index (χ1) is 11.6. The highest BCUT2D eigenvalue weighted by Gasteiger charge is 2.24. The quantitative estimate of drug-likeness (QED) is 0.862. The van der Waals surface area contributed by atoms with E-state index in [0.717, 1.165) is 26.2 Å². The summed E-state index contributed by atoms with van der Waals surface area (Å²) in [6.07, 6.45) is 0. The topological polar surface area (TPSA) is 35.6 Å². The zero-order valence-electron chi connectivity index (χ0n) is 14.2. The van der Waals surface area contributed by atoms with Crippen LogP contribution >= 0.6 is 23.7 Å². The van der Waals surface area contributed by atoms with E-state index < -0.39 is 5.82 Å². The molecule has 4 nitrogen and oxygen atoms in total. The molecule has 1 aliphatic rings. The van der Waals surface area contributed by atoms with Gasteiger partial charge in [-0.15, -0.1) is 12.4 Å². The number of halogens is 2. The maximum atomic E-state index is 13.3. The lowest BCUT2D eigenvalue weighted by atomic mass is 10.1. The maximum absolute atomic E-state index is 13.3. The highest BCUT2D eigenvalue weighted by molar-refractivity contribution is 7.07. The highest BCUT2D eigenvalue weighted by Crippen LogP contribution is 2.23. The van der Waals surface area contributed by atoms with Crippen LogP contribution in [0.25, 0.3) is 0 Å². The van der Waals surface area contributed by atoms with E-state index in [1.165, 1.54) is 17.7 Å². The number of nitrogens with one attached hydrogen (secondary N) is 1. The molecule has 1 saturated heterocycles. The van der Waals surface area contributed by atoms with Gasteiger partial charge in [0.05, 0.1) is 6.04 Å². The molecule has 0 bridgehead atoms. The van der Waals surface area contributed by atoms with Gasteiger partial charge in [-0.3, -0.25) is 9.69 Å². The van der Waals surface area contributed by atoms with Gasteiger partial charge in [0, 0.05) is 38.3 Å². The first-order valence-electron chi connectivity index (χ1n) is 8.12. The van der Waals surface area contributed by atoms with E-state index in [0.29, 0.717) is 12.1 Å². The molecule has 3 rings (SSSR count). The lowest BCUT2D eigenvalue weighted by molar-refractivity contribution is 0.0886. The molecule has 25 heavy (non-hydrogen) atoms. The molecule has 1 aliphatic heterocycles. The van der Waals surface area contributed by atoms with Crippen molar-refractivity contribution in [2.75, 3.05) is 39.8 Å². The van der Waals surface area contributed by atoms with E-state index in [9.17, 15) is 9.18 Å². The normalized spacial score (nSPS) is 16.9. The van der Waals surface area contributed by atoms with Crippen molar-refractivity contribution in [3.05, 3.63) is 58.0 Å². The molecule has 0 radical (unpaired) electrons. The van der Waals surface area contributed by atoms with E-state index in [4.69, 9.17) is 0 Å². The van der Waals surface area contributed by atoms with Crippen molar-refractivity contribution < 1.29 is 9.18 Å². The lowest BCUT2D eigenvalue weighted by Crippen LogP contribution is -2.48. The Morgan fingerprint density at radius 3 is 2.68 bits per heavy atom. The van der Waals surface area contributed by atoms with Crippen molar-refractivity contribution in [1.29, 1.82) is 0 Å². The predicted molar refractivity (Wildman–Crippen MR) is 102 cm³/mol. The number of hydrogen-bond donors (Lipinski definition) is 1. The first-order valence-corrected chi connectivity index (χ1v) is 9.06. The highest BCUT2D eigenvalue weighted by atomic mass is 35.5. The third kappa shape index (κ3) is 5.25. The third-order valence-electron chi connectivity index (χ3n) is 4.45. The summed E-state index contributed by atoms with van der Waals surface area (Å²) in [5.74, 6) is -0.625. The van der Waals surface area contributed by atoms with Gasteiger partial charge in [0.25, 0.3) is 5.91 Å². The van der Waals surface area contributed by atoms with Gasteiger partial charge in [-0.2, -0.15) is 11.3 Å². The van der Waals surface area contributed by atoms with Crippen molar-refractivity contribution >= 4 is 29.7 Å². The molecular formula is C18H23ClFN3OS. The van der Waals surface area contributed by atoms with Gasteiger partial charge in [-0.1, -0.05) is 6.07 Å². The molecule has 1 atom stereocenters. The summed E-state index contributed by atoms with van der Waals surface area (Å²) in [5.41, 5.74) is 1.58. The van der Waals surface area contributed by atoms with Gasteiger partial charge in [-0.25, -0.2) is 4.39 Å². The van der Waals surface area contributed by atoms with Crippen molar-refractivity contribution in [3.63, 3.8) is 0 Å². The van der Waals surface area contributed by atoms with Crippen LogP contribution in [0.5, 0.6) is 0 Å². The van der Waals surface area contributed by atoms with Crippen molar-refractivity contribution in [1.82, 2.24) is 15.1 Å². The van der Waals surface area contributed by atoms with Crippen LogP contribution in [0, 0.1) is 5.82 Å². The smallest absolute Gasteiger partial charge is 0.251 e. The van der Waals surface area contributed by atoms with E-state index in [2.05, 4.69) is 39.0 Å². The summed E-state index contributed by atoms with van der Waals surface area (Å²) in [4.78, 5) is 17.0. The van der Waals surface area contributed by atoms with Crippen LogP contribution in [-0.4, -0.2) is 55.5 Å². The number of likely N-dealkylation sites (N-methyl/N-ethyl adjacent to an activating group) is 1. The van der Waals surface area contributed by atoms with E-state index >= 15 is 0 Å². The third-order valence-corrected chi connectivity index (χ3v) is 5.15. The van der Waals surface area contributed by atoms with Gasteiger partial charge in [0.15, 0.2) is 0 Å². The molecule has 2 heterocycles. The molecule has 1 N–H and O–H groups in total. The van der Waals surface area contributed by atoms with E-state index in [1.807, 2.05) is 0 Å². The lowest BCUT2D eigenvalue weighted by Gasteiger charge is -2.38. The molecule has 1 aromatic heterocycles. The fourth-order valence-electron chi connectivity index (χ4n) is 2.98. The Morgan fingerprint density at radius 1 is 1.28 bits per heavy atom. The molecule has 1 amide bonds. The van der Waals surface area contributed by atoms with Crippen LogP contribution in [0.15, 0.2) is 41.1 Å². The number of rotatable bonds is 5. The maximum Gasteiger partial charge on any atom is 0.251 e. The number of carbonyl (C=O) groups excluding carboxylic acids is 1. The molecule has 2 aromatic rings. The van der Waals surface area contributed by atoms with Crippen molar-refractivity contribution in [2.45, 2.75) is 6.04 Å². The number of piperazine rings is 1. The second kappa shape index (κ2) is 9.29. The fourth-order valence-corrected chi connectivity index (χ4v) is 3.68. The fraction of sp³-hybridized carbons (Fsp3) is 0.389. The molecule has 1 aromatic carbocycles. The van der Waals surface area contributed by atoms with Gasteiger partial charge < -0.3 is 10.2 Å². The minimum Gasteiger partial charge on any atom is -0.350 e. The zero-order chi connectivity index (χ0) is 16.9. The van der Waals surface area contributed by atoms with E-state index in [-0.39, 0.29) is 24.4 Å². The second-order valence-corrected chi connectivity index (χ2v) is 6.91. The largest absolute Gasteiger partial charge is 0.350 e. The molecule has 0 saturated carbocycles. The monoisotopic (exact) mass is 383 g/mol. The Labute approximate surface area is 158 Å². The molecule has 1 unspecified atom stereocenters. The predicted octanol–water partition coefficient (Wildman–Crippen LogP) is 3.03. The Bertz CT molecular complexity index is 675. The van der Waals surface area contributed by atoms with Crippen LogP contribution in [0.4, 0.5) is 4.39 Å². The van der Waals surface area contributed by atoms with Crippen LogP contribution < -0.4 is 5.32 Å². The molecule has 0 spiro atoms. The van der Waals surface area contributed by atoms with Crippen LogP contribution in [0.1, 0.15) is 22.0 Å². The average Bonchev–Trinajstić information content (AvgIpc) is 3.11. The second-order valence-electron chi connectivity index (χ2n) is 6.13. The SMILES string of the molecule is CN1CCN(C(CNC(=O)c2cccc(F)c2)c2ccsc2)CC1.Cl. The molecule has 7 heteroatoms. The number of carbonyl (C=O) groups is 1. The average molecular weight is 384 g/mol. The van der Waals surface area contributed by atoms with Crippen LogP contribution in [0.2, 0.25) is 0 Å². The Balaban J connectivity index is 0.00000225. The van der Waals surface area contributed by atoms with Gasteiger partial charge in [0.2, 0.25) is 0 Å². The Morgan fingerprint density at radius 2 is 2.04 bits per heavy atom. The van der Waals surface area contributed by atoms with Crippen LogP contribution in [0.3, 0.4) is 0 Å². The summed E-state index contributed by atoms with van der Waals surface area (Å²) in [5, 5.41) is 7.17. The summed E-state index contributed by atoms with van der Waals surface area (Å²) in [6, 6.07) is 8.07. The van der Waals surface area contributed by atoms with Crippen molar-refractivity contribution in [3.8, 4) is 0 Å². The van der Waals surface area contributed by atoms with Gasteiger partial charge >= 0.3 is 0 Å². The van der Waals surface area contributed by atoms with Crippen LogP contribution in [-0.2, 0) is 0 Å². The Kier molecular flexibility index (Phi) is 7.38. The van der Waals surface area contributed by atoms with Gasteiger partial charge in [0.1, 0.15) is 5.82 Å². The van der Waals surface area contributed by atoms with Gasteiger partial charge in [-0.05, 0) is 47.6 Å². The number of hydrogen-bond acceptors (Lipinski definition) is 4. The first kappa shape index (κ1) is 19.8. The number of benzene rings is 1. The number of nitrogens with zero attached hydrogens (tertiary/aromatic N) is 2. The van der Waals surface area contributed by atoms with Crippen molar-refractivity contribution in [2.24, 2.45) is 0 Å². The number of thiophene rings is 1. The summed E-state index contributed by atoms with van der Waals surface area (Å²) >= 11 is 1.67. The van der Waals surface area contributed by atoms with E-state index in [1.54, 1.807) is 23.5 Å². The summed E-state index contributed by atoms with van der Waals surface area (Å²) in [6.45, 7) is 4.53. The zero-order valence-corrected chi connectivity index (χ0v) is 15.8. The Hall–Kier alpha value is -1.47. The minimum atomic E-state index is -0.392.